The summed E-state index contributed by atoms with van der Waals surface area (Å²) in [5.74, 6) is 0.414. The van der Waals surface area contributed by atoms with Gasteiger partial charge in [-0.2, -0.15) is 13.2 Å². The van der Waals surface area contributed by atoms with Crippen LogP contribution in [0.15, 0.2) is 41.6 Å². The van der Waals surface area contributed by atoms with Gasteiger partial charge in [-0.1, -0.05) is 17.8 Å². The quantitative estimate of drug-likeness (QED) is 0.365. The Morgan fingerprint density at radius 1 is 1.11 bits per heavy atom. The molecular formula is C24H27F3N2O5S. The average Bonchev–Trinajstić information content (AvgIpc) is 2.86. The van der Waals surface area contributed by atoms with Crippen LogP contribution in [0.5, 0.6) is 11.5 Å². The number of likely N-dealkylation sites (tertiary alicyclic amines) is 1. The minimum absolute atomic E-state index is 0.0339. The fraction of sp³-hybridized carbons (Fsp3) is 0.458. The first-order valence-corrected chi connectivity index (χ1v) is 12.0. The molecule has 7 nitrogen and oxygen atoms in total. The molecule has 1 aromatic heterocycles. The van der Waals surface area contributed by atoms with Gasteiger partial charge in [0.1, 0.15) is 6.04 Å². The van der Waals surface area contributed by atoms with Crippen LogP contribution in [0.25, 0.3) is 0 Å². The van der Waals surface area contributed by atoms with Gasteiger partial charge in [0, 0.05) is 19.2 Å². The highest BCUT2D eigenvalue weighted by atomic mass is 32.2. The van der Waals surface area contributed by atoms with Gasteiger partial charge in [-0.3, -0.25) is 4.79 Å². The SMILES string of the molecule is COc1ccc(CCOC(=O)C2CCCCN2C(=O)CSc2ccc(C(F)(F)F)cn2)cc1OC. The lowest BCUT2D eigenvalue weighted by Crippen LogP contribution is -2.49. The predicted octanol–water partition coefficient (Wildman–Crippen LogP) is 4.38. The van der Waals surface area contributed by atoms with Gasteiger partial charge in [0.15, 0.2) is 11.5 Å². The third-order valence-corrected chi connectivity index (χ3v) is 6.51. The van der Waals surface area contributed by atoms with Crippen molar-refractivity contribution < 1.29 is 37.0 Å². The van der Waals surface area contributed by atoms with Crippen LogP contribution >= 0.6 is 11.8 Å². The largest absolute Gasteiger partial charge is 0.493 e. The first-order chi connectivity index (χ1) is 16.7. The van der Waals surface area contributed by atoms with E-state index in [1.165, 1.54) is 11.0 Å². The standard InChI is InChI=1S/C24H27F3N2O5S/c1-32-19-8-6-16(13-20(19)33-2)10-12-34-23(31)18-5-3-4-11-29(18)22(30)15-35-21-9-7-17(14-28-21)24(25,26)27/h6-9,13-14,18H,3-5,10-12,15H2,1-2H3. The molecule has 35 heavy (non-hydrogen) atoms. The minimum atomic E-state index is -4.47. The normalized spacial score (nSPS) is 16.0. The molecule has 190 valence electrons. The number of amides is 1. The first-order valence-electron chi connectivity index (χ1n) is 11.1. The van der Waals surface area contributed by atoms with Gasteiger partial charge in [-0.25, -0.2) is 9.78 Å². The van der Waals surface area contributed by atoms with Crippen LogP contribution in [0, 0.1) is 0 Å². The van der Waals surface area contributed by atoms with E-state index in [4.69, 9.17) is 14.2 Å². The maximum atomic E-state index is 12.8. The molecule has 1 aliphatic rings. The number of hydrogen-bond acceptors (Lipinski definition) is 7. The zero-order valence-corrected chi connectivity index (χ0v) is 20.3. The Morgan fingerprint density at radius 2 is 1.89 bits per heavy atom. The summed E-state index contributed by atoms with van der Waals surface area (Å²) in [7, 11) is 3.09. The van der Waals surface area contributed by atoms with E-state index >= 15 is 0 Å². The summed E-state index contributed by atoms with van der Waals surface area (Å²) in [5, 5.41) is 0.303. The number of piperidine rings is 1. The molecule has 0 bridgehead atoms. The summed E-state index contributed by atoms with van der Waals surface area (Å²) in [6.07, 6.45) is -1.18. The van der Waals surface area contributed by atoms with E-state index < -0.39 is 23.8 Å². The molecule has 3 rings (SSSR count). The summed E-state index contributed by atoms with van der Waals surface area (Å²) >= 11 is 1.03. The third kappa shape index (κ3) is 7.27. The van der Waals surface area contributed by atoms with E-state index in [9.17, 15) is 22.8 Å². The number of benzene rings is 1. The number of thioether (sulfide) groups is 1. The number of carbonyl (C=O) groups is 2. The number of ether oxygens (including phenoxy) is 3. The minimum Gasteiger partial charge on any atom is -0.493 e. The summed E-state index contributed by atoms with van der Waals surface area (Å²) in [5.41, 5.74) is 0.0626. The van der Waals surface area contributed by atoms with E-state index in [1.807, 2.05) is 12.1 Å². The zero-order valence-electron chi connectivity index (χ0n) is 19.5. The lowest BCUT2D eigenvalue weighted by molar-refractivity contribution is -0.156. The number of nitrogens with zero attached hydrogens (tertiary/aromatic N) is 2. The van der Waals surface area contributed by atoms with Crippen LogP contribution in [-0.2, 0) is 26.9 Å². The molecule has 1 aliphatic heterocycles. The number of hydrogen-bond donors (Lipinski definition) is 0. The molecule has 1 aromatic carbocycles. The van der Waals surface area contributed by atoms with E-state index in [0.717, 1.165) is 42.4 Å². The second-order valence-electron chi connectivity index (χ2n) is 7.88. The van der Waals surface area contributed by atoms with Gasteiger partial charge in [0.05, 0.1) is 37.2 Å². The second kappa shape index (κ2) is 12.1. The fourth-order valence-electron chi connectivity index (χ4n) is 3.73. The van der Waals surface area contributed by atoms with Crippen molar-refractivity contribution in [3.63, 3.8) is 0 Å². The van der Waals surface area contributed by atoms with E-state index in [1.54, 1.807) is 20.3 Å². The summed E-state index contributed by atoms with van der Waals surface area (Å²) in [6, 6.07) is 6.94. The van der Waals surface area contributed by atoms with Crippen molar-refractivity contribution in [3.8, 4) is 11.5 Å². The average molecular weight is 513 g/mol. The third-order valence-electron chi connectivity index (χ3n) is 5.59. The van der Waals surface area contributed by atoms with Crippen LogP contribution in [-0.4, -0.2) is 60.9 Å². The maximum Gasteiger partial charge on any atom is 0.417 e. The van der Waals surface area contributed by atoms with Crippen molar-refractivity contribution in [2.45, 2.75) is 42.9 Å². The lowest BCUT2D eigenvalue weighted by Gasteiger charge is -2.34. The number of carbonyl (C=O) groups excluding carboxylic acids is 2. The Morgan fingerprint density at radius 3 is 2.54 bits per heavy atom. The van der Waals surface area contributed by atoms with Crippen molar-refractivity contribution in [2.24, 2.45) is 0 Å². The molecule has 2 aromatic rings. The Bertz CT molecular complexity index is 1020. The molecule has 11 heteroatoms. The van der Waals surface area contributed by atoms with Crippen molar-refractivity contribution in [3.05, 3.63) is 47.7 Å². The van der Waals surface area contributed by atoms with Gasteiger partial charge in [0.2, 0.25) is 5.91 Å². The molecule has 1 atom stereocenters. The van der Waals surface area contributed by atoms with Gasteiger partial charge >= 0.3 is 12.1 Å². The number of aromatic nitrogens is 1. The highest BCUT2D eigenvalue weighted by Gasteiger charge is 2.33. The van der Waals surface area contributed by atoms with Gasteiger partial charge in [-0.05, 0) is 49.1 Å². The van der Waals surface area contributed by atoms with Gasteiger partial charge < -0.3 is 19.1 Å². The fourth-order valence-corrected chi connectivity index (χ4v) is 4.46. The maximum absolute atomic E-state index is 12.8. The number of methoxy groups -OCH3 is 2. The van der Waals surface area contributed by atoms with Crippen molar-refractivity contribution in [1.82, 2.24) is 9.88 Å². The molecular weight excluding hydrogens is 485 g/mol. The number of alkyl halides is 3. The van der Waals surface area contributed by atoms with Crippen LogP contribution in [0.4, 0.5) is 13.2 Å². The van der Waals surface area contributed by atoms with E-state index in [0.29, 0.717) is 35.9 Å². The summed E-state index contributed by atoms with van der Waals surface area (Å²) < 4.78 is 54.0. The number of pyridine rings is 1. The van der Waals surface area contributed by atoms with E-state index in [-0.39, 0.29) is 18.3 Å². The molecule has 0 aliphatic carbocycles. The van der Waals surface area contributed by atoms with Crippen molar-refractivity contribution in [1.29, 1.82) is 0 Å². The smallest absolute Gasteiger partial charge is 0.417 e. The van der Waals surface area contributed by atoms with E-state index in [2.05, 4.69) is 4.98 Å². The van der Waals surface area contributed by atoms with Crippen LogP contribution in [0.2, 0.25) is 0 Å². The Labute approximate surface area is 205 Å². The number of halogens is 3. The topological polar surface area (TPSA) is 78.0 Å². The zero-order chi connectivity index (χ0) is 25.4. The molecule has 1 amide bonds. The Hall–Kier alpha value is -2.95. The van der Waals surface area contributed by atoms with Crippen molar-refractivity contribution in [2.75, 3.05) is 33.1 Å². The van der Waals surface area contributed by atoms with Crippen molar-refractivity contribution >= 4 is 23.6 Å². The molecule has 0 saturated carbocycles. The summed E-state index contributed by atoms with van der Waals surface area (Å²) in [4.78, 5) is 30.8. The molecule has 0 radical (unpaired) electrons. The Balaban J connectivity index is 1.52. The summed E-state index contributed by atoms with van der Waals surface area (Å²) in [6.45, 7) is 0.576. The monoisotopic (exact) mass is 512 g/mol. The Kier molecular flexibility index (Phi) is 9.25. The van der Waals surface area contributed by atoms with Gasteiger partial charge in [-0.15, -0.1) is 0 Å². The first kappa shape index (κ1) is 26.7. The molecule has 0 N–H and O–H groups in total. The van der Waals surface area contributed by atoms with Crippen LogP contribution < -0.4 is 9.47 Å². The molecule has 2 heterocycles. The number of rotatable bonds is 9. The molecule has 0 spiro atoms. The molecule has 1 unspecified atom stereocenters. The van der Waals surface area contributed by atoms with Crippen LogP contribution in [0.3, 0.4) is 0 Å². The highest BCUT2D eigenvalue weighted by Crippen LogP contribution is 2.30. The van der Waals surface area contributed by atoms with Crippen LogP contribution in [0.1, 0.15) is 30.4 Å². The molecule has 1 saturated heterocycles. The number of esters is 1. The molecule has 1 fully saturated rings. The lowest BCUT2D eigenvalue weighted by atomic mass is 10.0. The predicted molar refractivity (Wildman–Crippen MR) is 124 cm³/mol. The van der Waals surface area contributed by atoms with Gasteiger partial charge in [0.25, 0.3) is 0 Å². The highest BCUT2D eigenvalue weighted by molar-refractivity contribution is 7.99. The second-order valence-corrected chi connectivity index (χ2v) is 8.87.